The van der Waals surface area contributed by atoms with Crippen LogP contribution < -0.4 is 5.32 Å². The summed E-state index contributed by atoms with van der Waals surface area (Å²) in [5.41, 5.74) is 0. The van der Waals surface area contributed by atoms with Crippen LogP contribution in [0.15, 0.2) is 0 Å². The molecule has 0 spiro atoms. The minimum absolute atomic E-state index is 0.229. The van der Waals surface area contributed by atoms with Crippen molar-refractivity contribution in [2.24, 2.45) is 5.92 Å². The summed E-state index contributed by atoms with van der Waals surface area (Å²) in [6, 6.07) is 0. The van der Waals surface area contributed by atoms with Gasteiger partial charge in [-0.3, -0.25) is 0 Å². The number of aliphatic hydroxyl groups is 1. The number of aliphatic hydroxyl groups excluding tert-OH is 1. The van der Waals surface area contributed by atoms with E-state index in [1.54, 1.807) is 7.11 Å². The standard InChI is InChI=1S/C13H27NO4/c1-11(8-16-2)6-14-7-12(15)9-17-10-13-4-3-5-18-13/h11-15H,3-10H2,1-2H3. The van der Waals surface area contributed by atoms with E-state index < -0.39 is 6.10 Å². The van der Waals surface area contributed by atoms with Gasteiger partial charge in [0.1, 0.15) is 0 Å². The third-order valence-corrected chi connectivity index (χ3v) is 2.96. The first-order valence-electron chi connectivity index (χ1n) is 6.79. The van der Waals surface area contributed by atoms with Crippen LogP contribution >= 0.6 is 0 Å². The Morgan fingerprint density at radius 1 is 1.39 bits per heavy atom. The fraction of sp³-hybridized carbons (Fsp3) is 1.00. The first kappa shape index (κ1) is 15.9. The molecular weight excluding hydrogens is 234 g/mol. The van der Waals surface area contributed by atoms with Crippen molar-refractivity contribution in [3.8, 4) is 0 Å². The van der Waals surface area contributed by atoms with E-state index in [-0.39, 0.29) is 6.10 Å². The van der Waals surface area contributed by atoms with Gasteiger partial charge in [0.2, 0.25) is 0 Å². The molecule has 0 bridgehead atoms. The molecule has 0 aromatic rings. The second kappa shape index (κ2) is 9.69. The largest absolute Gasteiger partial charge is 0.389 e. The van der Waals surface area contributed by atoms with Gasteiger partial charge >= 0.3 is 0 Å². The SMILES string of the molecule is COCC(C)CNCC(O)COCC1CCCO1. The van der Waals surface area contributed by atoms with Gasteiger partial charge < -0.3 is 24.6 Å². The average molecular weight is 261 g/mol. The summed E-state index contributed by atoms with van der Waals surface area (Å²) >= 11 is 0. The number of methoxy groups -OCH3 is 1. The lowest BCUT2D eigenvalue weighted by molar-refractivity contribution is -0.0166. The Kier molecular flexibility index (Phi) is 8.54. The van der Waals surface area contributed by atoms with Crippen molar-refractivity contribution in [3.63, 3.8) is 0 Å². The zero-order chi connectivity index (χ0) is 13.2. The molecule has 1 heterocycles. The average Bonchev–Trinajstić information content (AvgIpc) is 2.82. The predicted molar refractivity (Wildman–Crippen MR) is 69.7 cm³/mol. The summed E-state index contributed by atoms with van der Waals surface area (Å²) in [6.45, 7) is 6.05. The van der Waals surface area contributed by atoms with Crippen molar-refractivity contribution in [1.82, 2.24) is 5.32 Å². The fourth-order valence-corrected chi connectivity index (χ4v) is 2.01. The Balaban J connectivity index is 1.91. The number of ether oxygens (including phenoxy) is 3. The summed E-state index contributed by atoms with van der Waals surface area (Å²) in [4.78, 5) is 0. The lowest BCUT2D eigenvalue weighted by atomic mass is 10.2. The smallest absolute Gasteiger partial charge is 0.0897 e. The normalized spacial score (nSPS) is 23.2. The summed E-state index contributed by atoms with van der Waals surface area (Å²) in [5, 5.41) is 12.9. The highest BCUT2D eigenvalue weighted by Crippen LogP contribution is 2.11. The Bertz CT molecular complexity index is 197. The zero-order valence-corrected chi connectivity index (χ0v) is 11.6. The molecular formula is C13H27NO4. The van der Waals surface area contributed by atoms with Crippen molar-refractivity contribution in [1.29, 1.82) is 0 Å². The summed E-state index contributed by atoms with van der Waals surface area (Å²) in [5.74, 6) is 0.454. The number of hydrogen-bond donors (Lipinski definition) is 2. The highest BCUT2D eigenvalue weighted by molar-refractivity contribution is 4.65. The Hall–Kier alpha value is -0.200. The van der Waals surface area contributed by atoms with Gasteiger partial charge in [-0.2, -0.15) is 0 Å². The monoisotopic (exact) mass is 261 g/mol. The van der Waals surface area contributed by atoms with Crippen LogP contribution in [0.5, 0.6) is 0 Å². The van der Waals surface area contributed by atoms with Gasteiger partial charge in [0.15, 0.2) is 0 Å². The molecule has 5 heteroatoms. The Morgan fingerprint density at radius 3 is 2.89 bits per heavy atom. The fourth-order valence-electron chi connectivity index (χ4n) is 2.01. The second-order valence-electron chi connectivity index (χ2n) is 5.05. The molecule has 108 valence electrons. The molecule has 2 N–H and O–H groups in total. The third kappa shape index (κ3) is 7.28. The van der Waals surface area contributed by atoms with Gasteiger partial charge in [-0.15, -0.1) is 0 Å². The van der Waals surface area contributed by atoms with E-state index in [9.17, 15) is 5.11 Å². The Labute approximate surface area is 110 Å². The molecule has 1 aliphatic rings. The van der Waals surface area contributed by atoms with Gasteiger partial charge in [-0.1, -0.05) is 6.92 Å². The lowest BCUT2D eigenvalue weighted by Gasteiger charge is -2.16. The maximum atomic E-state index is 9.71. The van der Waals surface area contributed by atoms with Gasteiger partial charge in [-0.05, 0) is 25.3 Å². The Morgan fingerprint density at radius 2 is 2.22 bits per heavy atom. The molecule has 0 aromatic heterocycles. The van der Waals surface area contributed by atoms with E-state index in [2.05, 4.69) is 12.2 Å². The summed E-state index contributed by atoms with van der Waals surface area (Å²) < 4.78 is 15.9. The van der Waals surface area contributed by atoms with E-state index in [1.165, 1.54) is 0 Å². The van der Waals surface area contributed by atoms with Crippen LogP contribution in [-0.2, 0) is 14.2 Å². The van der Waals surface area contributed by atoms with Crippen LogP contribution in [0.1, 0.15) is 19.8 Å². The number of nitrogens with one attached hydrogen (secondary N) is 1. The molecule has 0 saturated carbocycles. The van der Waals surface area contributed by atoms with Gasteiger partial charge in [0, 0.05) is 26.9 Å². The maximum absolute atomic E-state index is 9.71. The third-order valence-electron chi connectivity index (χ3n) is 2.96. The van der Waals surface area contributed by atoms with E-state index in [0.29, 0.717) is 25.7 Å². The maximum Gasteiger partial charge on any atom is 0.0897 e. The highest BCUT2D eigenvalue weighted by atomic mass is 16.5. The molecule has 3 unspecified atom stereocenters. The quantitative estimate of drug-likeness (QED) is 0.597. The van der Waals surface area contributed by atoms with Crippen LogP contribution in [0.4, 0.5) is 0 Å². The van der Waals surface area contributed by atoms with Crippen LogP contribution in [0.25, 0.3) is 0 Å². The highest BCUT2D eigenvalue weighted by Gasteiger charge is 2.16. The molecule has 1 aliphatic heterocycles. The molecule has 0 amide bonds. The van der Waals surface area contributed by atoms with Gasteiger partial charge in [0.25, 0.3) is 0 Å². The van der Waals surface area contributed by atoms with E-state index in [1.807, 2.05) is 0 Å². The molecule has 1 rings (SSSR count). The minimum Gasteiger partial charge on any atom is -0.389 e. The summed E-state index contributed by atoms with van der Waals surface area (Å²) in [7, 11) is 1.70. The van der Waals surface area contributed by atoms with Crippen LogP contribution in [0, 0.1) is 5.92 Å². The van der Waals surface area contributed by atoms with Crippen molar-refractivity contribution in [3.05, 3.63) is 0 Å². The van der Waals surface area contributed by atoms with Crippen molar-refractivity contribution >= 4 is 0 Å². The molecule has 5 nitrogen and oxygen atoms in total. The lowest BCUT2D eigenvalue weighted by Crippen LogP contribution is -2.34. The second-order valence-corrected chi connectivity index (χ2v) is 5.05. The van der Waals surface area contributed by atoms with Gasteiger partial charge in [0.05, 0.1) is 25.4 Å². The number of rotatable bonds is 10. The van der Waals surface area contributed by atoms with Crippen LogP contribution in [0.3, 0.4) is 0 Å². The zero-order valence-electron chi connectivity index (χ0n) is 11.6. The molecule has 18 heavy (non-hydrogen) atoms. The molecule has 0 aromatic carbocycles. The van der Waals surface area contributed by atoms with Crippen molar-refractivity contribution < 1.29 is 19.3 Å². The number of hydrogen-bond acceptors (Lipinski definition) is 5. The van der Waals surface area contributed by atoms with Crippen LogP contribution in [0.2, 0.25) is 0 Å². The van der Waals surface area contributed by atoms with E-state index >= 15 is 0 Å². The molecule has 1 saturated heterocycles. The van der Waals surface area contributed by atoms with Gasteiger partial charge in [-0.25, -0.2) is 0 Å². The first-order chi connectivity index (χ1) is 8.72. The topological polar surface area (TPSA) is 60.0 Å². The molecule has 1 fully saturated rings. The minimum atomic E-state index is -0.457. The predicted octanol–water partition coefficient (Wildman–Crippen LogP) is 0.415. The van der Waals surface area contributed by atoms with E-state index in [4.69, 9.17) is 14.2 Å². The van der Waals surface area contributed by atoms with Crippen molar-refractivity contribution in [2.75, 3.05) is 46.6 Å². The summed E-state index contributed by atoms with van der Waals surface area (Å²) in [6.07, 6.45) is 1.96. The van der Waals surface area contributed by atoms with Crippen LogP contribution in [-0.4, -0.2) is 63.9 Å². The van der Waals surface area contributed by atoms with E-state index in [0.717, 1.165) is 32.6 Å². The first-order valence-corrected chi connectivity index (χ1v) is 6.79. The molecule has 3 atom stereocenters. The molecule has 0 radical (unpaired) electrons. The van der Waals surface area contributed by atoms with Crippen molar-refractivity contribution in [2.45, 2.75) is 32.0 Å². The molecule has 0 aliphatic carbocycles.